The lowest BCUT2D eigenvalue weighted by molar-refractivity contribution is 0.0611. The molecule has 0 unspecified atom stereocenters. The maximum atomic E-state index is 13.4. The van der Waals surface area contributed by atoms with E-state index in [2.05, 4.69) is 30.3 Å². The van der Waals surface area contributed by atoms with Crippen molar-refractivity contribution >= 4 is 20.9 Å². The van der Waals surface area contributed by atoms with E-state index in [1.54, 1.807) is 12.1 Å². The molecule has 34 heavy (non-hydrogen) atoms. The highest BCUT2D eigenvalue weighted by Gasteiger charge is 2.27. The SMILES string of the molecule is CC(C)(C)c1nc2cc(S(=O)(=O)c3ccnc(OCCCO)c3)ccc2n1CC1CCOCC1. The van der Waals surface area contributed by atoms with Crippen molar-refractivity contribution in [3.8, 4) is 5.88 Å². The Morgan fingerprint density at radius 3 is 2.59 bits per heavy atom. The number of aliphatic hydroxyl groups is 1. The average Bonchev–Trinajstić information content (AvgIpc) is 3.18. The van der Waals surface area contributed by atoms with Gasteiger partial charge in [-0.3, -0.25) is 0 Å². The third kappa shape index (κ3) is 5.26. The van der Waals surface area contributed by atoms with Crippen molar-refractivity contribution in [2.75, 3.05) is 26.4 Å². The van der Waals surface area contributed by atoms with Gasteiger partial charge >= 0.3 is 0 Å². The zero-order chi connectivity index (χ0) is 24.3. The number of nitrogens with zero attached hydrogens (tertiary/aromatic N) is 3. The van der Waals surface area contributed by atoms with Crippen LogP contribution in [0.5, 0.6) is 5.88 Å². The summed E-state index contributed by atoms with van der Waals surface area (Å²) in [5, 5.41) is 8.92. The van der Waals surface area contributed by atoms with E-state index >= 15 is 0 Å². The first-order valence-corrected chi connectivity index (χ1v) is 13.2. The van der Waals surface area contributed by atoms with Gasteiger partial charge in [0.05, 0.1) is 27.4 Å². The van der Waals surface area contributed by atoms with Gasteiger partial charge in [0.2, 0.25) is 15.7 Å². The maximum Gasteiger partial charge on any atom is 0.214 e. The Kier molecular flexibility index (Phi) is 7.25. The van der Waals surface area contributed by atoms with Gasteiger partial charge in [-0.1, -0.05) is 20.8 Å². The fourth-order valence-electron chi connectivity index (χ4n) is 4.24. The average molecular weight is 488 g/mol. The molecule has 8 nitrogen and oxygen atoms in total. The minimum atomic E-state index is -3.78. The number of rotatable bonds is 8. The van der Waals surface area contributed by atoms with Crippen LogP contribution in [-0.4, -0.2) is 54.5 Å². The summed E-state index contributed by atoms with van der Waals surface area (Å²) in [5.41, 5.74) is 1.43. The number of imidazole rings is 1. The lowest BCUT2D eigenvalue weighted by Gasteiger charge is -2.26. The zero-order valence-electron chi connectivity index (χ0n) is 20.0. The van der Waals surface area contributed by atoms with E-state index < -0.39 is 9.84 Å². The number of benzene rings is 1. The molecule has 9 heteroatoms. The van der Waals surface area contributed by atoms with Crippen LogP contribution in [-0.2, 0) is 26.5 Å². The summed E-state index contributed by atoms with van der Waals surface area (Å²) in [5.74, 6) is 1.68. The summed E-state index contributed by atoms with van der Waals surface area (Å²) in [4.78, 5) is 9.26. The van der Waals surface area contributed by atoms with E-state index in [9.17, 15) is 8.42 Å². The Hall–Kier alpha value is -2.49. The Morgan fingerprint density at radius 1 is 1.15 bits per heavy atom. The third-order valence-electron chi connectivity index (χ3n) is 6.05. The first kappa shape index (κ1) is 24.6. The topological polar surface area (TPSA) is 104 Å². The predicted octanol–water partition coefficient (Wildman–Crippen LogP) is 3.75. The van der Waals surface area contributed by atoms with Gasteiger partial charge in [-0.25, -0.2) is 18.4 Å². The molecule has 0 bridgehead atoms. The number of fused-ring (bicyclic) bond motifs is 1. The number of pyridine rings is 1. The molecule has 0 radical (unpaired) electrons. The Balaban J connectivity index is 1.70. The minimum Gasteiger partial charge on any atom is -0.478 e. The molecule has 3 aromatic rings. The summed E-state index contributed by atoms with van der Waals surface area (Å²) in [6.45, 7) is 9.04. The van der Waals surface area contributed by atoms with E-state index in [0.717, 1.165) is 43.9 Å². The van der Waals surface area contributed by atoms with Gasteiger partial charge in [0.1, 0.15) is 5.82 Å². The summed E-state index contributed by atoms with van der Waals surface area (Å²) in [7, 11) is -3.78. The minimum absolute atomic E-state index is 0.00424. The van der Waals surface area contributed by atoms with Gasteiger partial charge in [-0.05, 0) is 43.0 Å². The molecule has 1 aliphatic rings. The second-order valence-electron chi connectivity index (χ2n) is 9.76. The molecule has 0 spiro atoms. The second-order valence-corrected chi connectivity index (χ2v) is 11.7. The van der Waals surface area contributed by atoms with Crippen molar-refractivity contribution in [1.82, 2.24) is 14.5 Å². The van der Waals surface area contributed by atoms with Gasteiger partial charge in [0, 0.05) is 50.5 Å². The normalized spacial score (nSPS) is 15.6. The van der Waals surface area contributed by atoms with Crippen molar-refractivity contribution in [2.24, 2.45) is 5.92 Å². The summed E-state index contributed by atoms with van der Waals surface area (Å²) in [6.07, 6.45) is 3.89. The van der Waals surface area contributed by atoms with Crippen LogP contribution < -0.4 is 4.74 Å². The van der Waals surface area contributed by atoms with E-state index in [1.165, 1.54) is 18.3 Å². The van der Waals surface area contributed by atoms with Crippen LogP contribution in [0, 0.1) is 5.92 Å². The van der Waals surface area contributed by atoms with Gasteiger partial charge in [0.15, 0.2) is 0 Å². The molecule has 0 saturated carbocycles. The van der Waals surface area contributed by atoms with E-state index in [4.69, 9.17) is 19.6 Å². The van der Waals surface area contributed by atoms with Gasteiger partial charge in [-0.2, -0.15) is 0 Å². The van der Waals surface area contributed by atoms with Crippen LogP contribution in [0.25, 0.3) is 11.0 Å². The molecular weight excluding hydrogens is 454 g/mol. The van der Waals surface area contributed by atoms with Gasteiger partial charge < -0.3 is 19.1 Å². The van der Waals surface area contributed by atoms with E-state index in [-0.39, 0.29) is 34.3 Å². The lowest BCUT2D eigenvalue weighted by Crippen LogP contribution is -2.25. The highest BCUT2D eigenvalue weighted by molar-refractivity contribution is 7.91. The molecule has 0 aliphatic carbocycles. The van der Waals surface area contributed by atoms with Gasteiger partial charge in [-0.15, -0.1) is 0 Å². The molecule has 1 aliphatic heterocycles. The second kappa shape index (κ2) is 10.0. The van der Waals surface area contributed by atoms with E-state index in [1.807, 2.05) is 6.07 Å². The highest BCUT2D eigenvalue weighted by Crippen LogP contribution is 2.32. The quantitative estimate of drug-likeness (QED) is 0.483. The molecule has 2 aromatic heterocycles. The molecule has 0 atom stereocenters. The maximum absolute atomic E-state index is 13.4. The van der Waals surface area contributed by atoms with Crippen LogP contribution >= 0.6 is 0 Å². The molecule has 1 aromatic carbocycles. The highest BCUT2D eigenvalue weighted by atomic mass is 32.2. The number of sulfone groups is 1. The van der Waals surface area contributed by atoms with Crippen LogP contribution in [0.3, 0.4) is 0 Å². The van der Waals surface area contributed by atoms with Crippen LogP contribution in [0.4, 0.5) is 0 Å². The first-order chi connectivity index (χ1) is 16.2. The number of hydrogen-bond donors (Lipinski definition) is 1. The number of aliphatic hydroxyl groups excluding tert-OH is 1. The molecular formula is C25H33N3O5S. The molecule has 1 fully saturated rings. The molecule has 4 rings (SSSR count). The van der Waals surface area contributed by atoms with Crippen molar-refractivity contribution in [1.29, 1.82) is 0 Å². The summed E-state index contributed by atoms with van der Waals surface area (Å²) >= 11 is 0. The fourth-order valence-corrected chi connectivity index (χ4v) is 5.52. The molecule has 1 N–H and O–H groups in total. The largest absolute Gasteiger partial charge is 0.478 e. The summed E-state index contributed by atoms with van der Waals surface area (Å²) < 4.78 is 40.0. The zero-order valence-corrected chi connectivity index (χ0v) is 20.8. The molecule has 184 valence electrons. The van der Waals surface area contributed by atoms with Crippen LogP contribution in [0.1, 0.15) is 45.9 Å². The van der Waals surface area contributed by atoms with Crippen LogP contribution in [0.2, 0.25) is 0 Å². The Bertz CT molecular complexity index is 1240. The number of ether oxygens (including phenoxy) is 2. The van der Waals surface area contributed by atoms with Gasteiger partial charge in [0.25, 0.3) is 0 Å². The monoisotopic (exact) mass is 487 g/mol. The van der Waals surface area contributed by atoms with Crippen molar-refractivity contribution in [2.45, 2.75) is 61.8 Å². The molecule has 1 saturated heterocycles. The molecule has 0 amide bonds. The fraction of sp³-hybridized carbons (Fsp3) is 0.520. The first-order valence-electron chi connectivity index (χ1n) is 11.7. The number of hydrogen-bond acceptors (Lipinski definition) is 7. The van der Waals surface area contributed by atoms with Crippen molar-refractivity contribution in [3.05, 3.63) is 42.4 Å². The van der Waals surface area contributed by atoms with Crippen molar-refractivity contribution in [3.63, 3.8) is 0 Å². The third-order valence-corrected chi connectivity index (χ3v) is 7.80. The number of aromatic nitrogens is 3. The predicted molar refractivity (Wildman–Crippen MR) is 129 cm³/mol. The van der Waals surface area contributed by atoms with Crippen molar-refractivity contribution < 1.29 is 23.0 Å². The Labute approximate surface area is 200 Å². The summed E-state index contributed by atoms with van der Waals surface area (Å²) in [6, 6.07) is 8.06. The smallest absolute Gasteiger partial charge is 0.214 e. The van der Waals surface area contributed by atoms with E-state index in [0.29, 0.717) is 17.9 Å². The Morgan fingerprint density at radius 2 is 1.88 bits per heavy atom. The lowest BCUT2D eigenvalue weighted by atomic mass is 9.94. The molecule has 3 heterocycles. The van der Waals surface area contributed by atoms with Crippen LogP contribution in [0.15, 0.2) is 46.3 Å². The standard InChI is InChI=1S/C25H33N3O5S/c1-25(2,3)24-27-21-15-19(5-6-22(21)28(24)17-18-8-13-32-14-9-18)34(30,31)20-7-10-26-23(16-20)33-12-4-11-29/h5-7,10,15-16,18,29H,4,8-9,11-14,17H2,1-3H3.